The molecule has 1 heterocycles. The molecule has 0 spiro atoms. The summed E-state index contributed by atoms with van der Waals surface area (Å²) >= 11 is 0. The van der Waals surface area contributed by atoms with E-state index in [1.807, 2.05) is 0 Å². The van der Waals surface area contributed by atoms with Gasteiger partial charge < -0.3 is 9.26 Å². The number of hydrogen-bond donors (Lipinski definition) is 0. The van der Waals surface area contributed by atoms with Crippen LogP contribution >= 0.6 is 0 Å². The Labute approximate surface area is 107 Å². The highest BCUT2D eigenvalue weighted by molar-refractivity contribution is 5.53. The standard InChI is InChI=1S/C12H11F3N2O2/c13-9-3-1-2-8(6-9)12-16-11(19-17-12)4-5-18-7-10(14)15/h1-3,6,10H,4-5,7H2. The smallest absolute Gasteiger partial charge is 0.261 e. The number of halogens is 3. The predicted octanol–water partition coefficient (Wildman–Crippen LogP) is 2.70. The molecular weight excluding hydrogens is 261 g/mol. The highest BCUT2D eigenvalue weighted by atomic mass is 19.3. The van der Waals surface area contributed by atoms with Crippen molar-refractivity contribution in [2.75, 3.05) is 13.2 Å². The van der Waals surface area contributed by atoms with Crippen molar-refractivity contribution >= 4 is 0 Å². The van der Waals surface area contributed by atoms with Gasteiger partial charge in [0.15, 0.2) is 0 Å². The molecule has 102 valence electrons. The lowest BCUT2D eigenvalue weighted by molar-refractivity contribution is 0.0171. The molecule has 0 fully saturated rings. The summed E-state index contributed by atoms with van der Waals surface area (Å²) in [6.45, 7) is -0.556. The summed E-state index contributed by atoms with van der Waals surface area (Å²) < 4.78 is 46.2. The molecule has 0 N–H and O–H groups in total. The summed E-state index contributed by atoms with van der Waals surface area (Å²) in [4.78, 5) is 4.03. The third kappa shape index (κ3) is 4.06. The zero-order chi connectivity index (χ0) is 13.7. The normalized spacial score (nSPS) is 11.2. The van der Waals surface area contributed by atoms with Crippen LogP contribution < -0.4 is 0 Å². The average molecular weight is 272 g/mol. The molecule has 0 radical (unpaired) electrons. The second-order valence-corrected chi connectivity index (χ2v) is 3.74. The zero-order valence-electron chi connectivity index (χ0n) is 9.85. The molecule has 19 heavy (non-hydrogen) atoms. The minimum Gasteiger partial charge on any atom is -0.375 e. The van der Waals surface area contributed by atoms with E-state index in [-0.39, 0.29) is 24.7 Å². The Morgan fingerprint density at radius 1 is 1.32 bits per heavy atom. The number of hydrogen-bond acceptors (Lipinski definition) is 4. The predicted molar refractivity (Wildman–Crippen MR) is 60.2 cm³/mol. The van der Waals surface area contributed by atoms with Gasteiger partial charge in [-0.15, -0.1) is 0 Å². The lowest BCUT2D eigenvalue weighted by atomic mass is 10.2. The van der Waals surface area contributed by atoms with Crippen LogP contribution in [0.15, 0.2) is 28.8 Å². The van der Waals surface area contributed by atoms with Gasteiger partial charge in [-0.1, -0.05) is 17.3 Å². The van der Waals surface area contributed by atoms with Crippen LogP contribution in [0.4, 0.5) is 13.2 Å². The van der Waals surface area contributed by atoms with Crippen LogP contribution in [0.25, 0.3) is 11.4 Å². The third-order valence-electron chi connectivity index (χ3n) is 2.26. The van der Waals surface area contributed by atoms with E-state index in [1.54, 1.807) is 6.07 Å². The van der Waals surface area contributed by atoms with E-state index in [0.717, 1.165) is 0 Å². The van der Waals surface area contributed by atoms with Crippen LogP contribution in [-0.2, 0) is 11.2 Å². The number of ether oxygens (including phenoxy) is 1. The Morgan fingerprint density at radius 2 is 2.16 bits per heavy atom. The van der Waals surface area contributed by atoms with Gasteiger partial charge in [0.05, 0.1) is 13.0 Å². The molecule has 2 rings (SSSR count). The van der Waals surface area contributed by atoms with Crippen molar-refractivity contribution < 1.29 is 22.4 Å². The van der Waals surface area contributed by atoms with Gasteiger partial charge in [-0.2, -0.15) is 4.98 Å². The average Bonchev–Trinajstić information content (AvgIpc) is 2.83. The van der Waals surface area contributed by atoms with Crippen LogP contribution in [0.5, 0.6) is 0 Å². The molecule has 0 amide bonds. The van der Waals surface area contributed by atoms with Crippen LogP contribution in [0, 0.1) is 5.82 Å². The SMILES string of the molecule is Fc1cccc(-c2noc(CCOCC(F)F)n2)c1. The van der Waals surface area contributed by atoms with Gasteiger partial charge in [0, 0.05) is 5.56 Å². The number of nitrogens with zero attached hydrogens (tertiary/aromatic N) is 2. The summed E-state index contributed by atoms with van der Waals surface area (Å²) in [6.07, 6.45) is -2.26. The van der Waals surface area contributed by atoms with Crippen molar-refractivity contribution in [2.24, 2.45) is 0 Å². The molecule has 0 unspecified atom stereocenters. The number of aromatic nitrogens is 2. The lowest BCUT2D eigenvalue weighted by Crippen LogP contribution is -2.07. The molecule has 1 aromatic heterocycles. The van der Waals surface area contributed by atoms with E-state index >= 15 is 0 Å². The molecule has 0 saturated carbocycles. The Kier molecular flexibility index (Phi) is 4.51. The summed E-state index contributed by atoms with van der Waals surface area (Å²) in [5.41, 5.74) is 0.489. The first-order valence-corrected chi connectivity index (χ1v) is 5.59. The van der Waals surface area contributed by atoms with Crippen LogP contribution in [0.2, 0.25) is 0 Å². The first-order valence-electron chi connectivity index (χ1n) is 5.59. The first kappa shape index (κ1) is 13.5. The van der Waals surface area contributed by atoms with Crippen molar-refractivity contribution in [3.63, 3.8) is 0 Å². The van der Waals surface area contributed by atoms with Gasteiger partial charge in [-0.05, 0) is 12.1 Å². The topological polar surface area (TPSA) is 48.2 Å². The fourth-order valence-corrected chi connectivity index (χ4v) is 1.43. The van der Waals surface area contributed by atoms with Crippen molar-refractivity contribution in [3.05, 3.63) is 36.0 Å². The van der Waals surface area contributed by atoms with Gasteiger partial charge >= 0.3 is 0 Å². The van der Waals surface area contributed by atoms with E-state index in [1.165, 1.54) is 18.2 Å². The van der Waals surface area contributed by atoms with Crippen molar-refractivity contribution in [3.8, 4) is 11.4 Å². The molecule has 2 aromatic rings. The largest absolute Gasteiger partial charge is 0.375 e. The van der Waals surface area contributed by atoms with E-state index in [2.05, 4.69) is 10.1 Å². The van der Waals surface area contributed by atoms with Gasteiger partial charge in [0.25, 0.3) is 6.43 Å². The van der Waals surface area contributed by atoms with Crippen LogP contribution in [0.1, 0.15) is 5.89 Å². The van der Waals surface area contributed by atoms with Crippen molar-refractivity contribution in [1.82, 2.24) is 10.1 Å². The molecule has 0 aliphatic carbocycles. The second kappa shape index (κ2) is 6.33. The molecule has 0 atom stereocenters. The molecule has 7 heteroatoms. The van der Waals surface area contributed by atoms with Gasteiger partial charge in [0.2, 0.25) is 11.7 Å². The lowest BCUT2D eigenvalue weighted by Gasteiger charge is -1.99. The van der Waals surface area contributed by atoms with E-state index < -0.39 is 18.8 Å². The summed E-state index contributed by atoms with van der Waals surface area (Å²) in [7, 11) is 0. The number of alkyl halides is 2. The molecule has 0 aliphatic heterocycles. The quantitative estimate of drug-likeness (QED) is 0.758. The minimum absolute atomic E-state index is 0.0646. The van der Waals surface area contributed by atoms with Gasteiger partial charge in [-0.25, -0.2) is 13.2 Å². The van der Waals surface area contributed by atoms with Crippen molar-refractivity contribution in [1.29, 1.82) is 0 Å². The summed E-state index contributed by atoms with van der Waals surface area (Å²) in [5, 5.41) is 3.68. The highest BCUT2D eigenvalue weighted by Gasteiger charge is 2.09. The maximum Gasteiger partial charge on any atom is 0.261 e. The first-order chi connectivity index (χ1) is 9.15. The van der Waals surface area contributed by atoms with Gasteiger partial charge in [0.1, 0.15) is 12.4 Å². The Balaban J connectivity index is 1.92. The molecular formula is C12H11F3N2O2. The van der Waals surface area contributed by atoms with Crippen LogP contribution in [0.3, 0.4) is 0 Å². The third-order valence-corrected chi connectivity index (χ3v) is 2.26. The highest BCUT2D eigenvalue weighted by Crippen LogP contribution is 2.16. The maximum atomic E-state index is 13.0. The molecule has 1 aromatic carbocycles. The fourth-order valence-electron chi connectivity index (χ4n) is 1.43. The van der Waals surface area contributed by atoms with Crippen molar-refractivity contribution in [2.45, 2.75) is 12.8 Å². The monoisotopic (exact) mass is 272 g/mol. The summed E-state index contributed by atoms with van der Waals surface area (Å²) in [5.74, 6) is 0.112. The zero-order valence-corrected chi connectivity index (χ0v) is 9.85. The second-order valence-electron chi connectivity index (χ2n) is 3.74. The number of rotatable bonds is 6. The molecule has 4 nitrogen and oxygen atoms in total. The van der Waals surface area contributed by atoms with E-state index in [9.17, 15) is 13.2 Å². The molecule has 0 saturated heterocycles. The van der Waals surface area contributed by atoms with Gasteiger partial charge in [-0.3, -0.25) is 0 Å². The minimum atomic E-state index is -2.49. The maximum absolute atomic E-state index is 13.0. The Bertz CT molecular complexity index is 531. The Morgan fingerprint density at radius 3 is 2.89 bits per heavy atom. The Hall–Kier alpha value is -1.89. The van der Waals surface area contributed by atoms with E-state index in [4.69, 9.17) is 9.26 Å². The van der Waals surface area contributed by atoms with E-state index in [0.29, 0.717) is 5.56 Å². The molecule has 0 aliphatic rings. The molecule has 0 bridgehead atoms. The summed E-state index contributed by atoms with van der Waals surface area (Å²) in [6, 6.07) is 5.77. The van der Waals surface area contributed by atoms with Crippen LogP contribution in [-0.4, -0.2) is 29.8 Å². The number of benzene rings is 1. The fraction of sp³-hybridized carbons (Fsp3) is 0.333.